The molecule has 0 N–H and O–H groups in total. The zero-order chi connectivity index (χ0) is 9.61. The second-order valence-electron chi connectivity index (χ2n) is 3.56. The molecule has 0 aromatic heterocycles. The zero-order valence-corrected chi connectivity index (χ0v) is 8.32. The van der Waals surface area contributed by atoms with Crippen molar-refractivity contribution in [3.8, 4) is 0 Å². The van der Waals surface area contributed by atoms with Crippen LogP contribution in [-0.2, 0) is 0 Å². The monoisotopic (exact) mass is 180 g/mol. The van der Waals surface area contributed by atoms with Gasteiger partial charge in [0.2, 0.25) is 0 Å². The van der Waals surface area contributed by atoms with Gasteiger partial charge in [0.15, 0.2) is 12.6 Å². The molecule has 0 saturated heterocycles. The molecule has 0 heterocycles. The van der Waals surface area contributed by atoms with Crippen molar-refractivity contribution < 1.29 is 13.9 Å². The lowest BCUT2D eigenvalue weighted by Gasteiger charge is -2.17. The van der Waals surface area contributed by atoms with Crippen molar-refractivity contribution in [2.24, 2.45) is 0 Å². The fraction of sp³-hybridized carbons (Fsp3) is 1.00. The minimum atomic E-state index is -1.83. The summed E-state index contributed by atoms with van der Waals surface area (Å²) in [5.74, 6) is 0. The minimum absolute atomic E-state index is 0.00231. The summed E-state index contributed by atoms with van der Waals surface area (Å²) in [6.07, 6.45) is 3.73. The highest BCUT2D eigenvalue weighted by Crippen LogP contribution is 2.17. The van der Waals surface area contributed by atoms with E-state index in [0.717, 1.165) is 19.3 Å². The van der Waals surface area contributed by atoms with Crippen LogP contribution in [0.15, 0.2) is 0 Å². The zero-order valence-electron chi connectivity index (χ0n) is 8.32. The van der Waals surface area contributed by atoms with E-state index in [1.165, 1.54) is 0 Å². The molecular formula is C9H20F2N+. The minimum Gasteiger partial charge on any atom is -0.0654 e. The summed E-state index contributed by atoms with van der Waals surface area (Å²) in [6.45, 7) is 5.19. The first-order chi connectivity index (χ1) is 5.50. The highest BCUT2D eigenvalue weighted by atomic mass is 19.4. The highest BCUT2D eigenvalue weighted by Gasteiger charge is 2.33. The second kappa shape index (κ2) is 5.46. The first kappa shape index (κ1) is 11.8. The SMILES string of the molecule is CCCCCC[N+](F)(F)C(C)C. The van der Waals surface area contributed by atoms with Crippen LogP contribution in [0.3, 0.4) is 0 Å². The Kier molecular flexibility index (Phi) is 5.38. The molecule has 0 atom stereocenters. The molecular weight excluding hydrogens is 160 g/mol. The molecule has 0 rings (SSSR count). The molecule has 1 nitrogen and oxygen atoms in total. The van der Waals surface area contributed by atoms with Crippen LogP contribution in [0.1, 0.15) is 46.5 Å². The van der Waals surface area contributed by atoms with Crippen LogP contribution >= 0.6 is 0 Å². The number of hydrogen-bond donors (Lipinski definition) is 0. The fourth-order valence-electron chi connectivity index (χ4n) is 1.01. The Morgan fingerprint density at radius 3 is 2.08 bits per heavy atom. The van der Waals surface area contributed by atoms with E-state index in [2.05, 4.69) is 6.92 Å². The van der Waals surface area contributed by atoms with E-state index in [4.69, 9.17) is 0 Å². The largest absolute Gasteiger partial charge is 0.159 e. The normalized spacial score (nSPS) is 12.5. The van der Waals surface area contributed by atoms with E-state index >= 15 is 0 Å². The van der Waals surface area contributed by atoms with Crippen LogP contribution in [0, 0.1) is 0 Å². The first-order valence-corrected chi connectivity index (χ1v) is 4.77. The van der Waals surface area contributed by atoms with Crippen LogP contribution in [0.25, 0.3) is 0 Å². The molecule has 0 aliphatic rings. The van der Waals surface area contributed by atoms with E-state index in [1.54, 1.807) is 13.8 Å². The third-order valence-electron chi connectivity index (χ3n) is 2.07. The van der Waals surface area contributed by atoms with Crippen LogP contribution in [0.5, 0.6) is 0 Å². The van der Waals surface area contributed by atoms with E-state index in [9.17, 15) is 8.96 Å². The predicted molar refractivity (Wildman–Crippen MR) is 46.6 cm³/mol. The van der Waals surface area contributed by atoms with Gasteiger partial charge in [0.25, 0.3) is 0 Å². The Bertz CT molecular complexity index is 113. The molecule has 74 valence electrons. The summed E-state index contributed by atoms with van der Waals surface area (Å²) >= 11 is 0. The lowest BCUT2D eigenvalue weighted by molar-refractivity contribution is -1.18. The smallest absolute Gasteiger partial charge is 0.0654 e. The van der Waals surface area contributed by atoms with Crippen molar-refractivity contribution in [2.45, 2.75) is 52.5 Å². The maximum atomic E-state index is 12.9. The van der Waals surface area contributed by atoms with E-state index in [-0.39, 0.29) is 6.54 Å². The Morgan fingerprint density at radius 2 is 1.67 bits per heavy atom. The molecule has 0 aliphatic heterocycles. The topological polar surface area (TPSA) is 0 Å². The lowest BCUT2D eigenvalue weighted by Crippen LogP contribution is -2.37. The third kappa shape index (κ3) is 4.65. The van der Waals surface area contributed by atoms with Gasteiger partial charge in [0.05, 0.1) is 4.93 Å². The molecule has 3 heteroatoms. The van der Waals surface area contributed by atoms with Crippen LogP contribution < -0.4 is 0 Å². The second-order valence-corrected chi connectivity index (χ2v) is 3.56. The van der Waals surface area contributed by atoms with Crippen LogP contribution in [-0.4, -0.2) is 17.5 Å². The summed E-state index contributed by atoms with van der Waals surface area (Å²) in [5.41, 5.74) is 0. The van der Waals surface area contributed by atoms with E-state index < -0.39 is 11.0 Å². The Balaban J connectivity index is 3.47. The van der Waals surface area contributed by atoms with Gasteiger partial charge >= 0.3 is 0 Å². The van der Waals surface area contributed by atoms with E-state index in [0.29, 0.717) is 6.42 Å². The average Bonchev–Trinajstić information content (AvgIpc) is 1.98. The number of rotatable bonds is 6. The average molecular weight is 180 g/mol. The molecule has 0 unspecified atom stereocenters. The molecule has 0 radical (unpaired) electrons. The van der Waals surface area contributed by atoms with Gasteiger partial charge in [0, 0.05) is 15.4 Å². The van der Waals surface area contributed by atoms with Crippen molar-refractivity contribution in [2.75, 3.05) is 6.54 Å². The van der Waals surface area contributed by atoms with Gasteiger partial charge in [-0.1, -0.05) is 19.8 Å². The number of quaternary nitrogens is 1. The molecule has 0 amide bonds. The molecule has 0 aromatic rings. The number of unbranched alkanes of at least 4 members (excludes halogenated alkanes) is 3. The van der Waals surface area contributed by atoms with Crippen molar-refractivity contribution >= 4 is 0 Å². The predicted octanol–water partition coefficient (Wildman–Crippen LogP) is 3.56. The summed E-state index contributed by atoms with van der Waals surface area (Å²) < 4.78 is 25.8. The first-order valence-electron chi connectivity index (χ1n) is 4.77. The van der Waals surface area contributed by atoms with Gasteiger partial charge in [-0.2, -0.15) is 0 Å². The molecule has 0 fully saturated rings. The highest BCUT2D eigenvalue weighted by molar-refractivity contribution is 4.40. The fourth-order valence-corrected chi connectivity index (χ4v) is 1.01. The number of halogens is 2. The van der Waals surface area contributed by atoms with Gasteiger partial charge in [0.1, 0.15) is 0 Å². The summed E-state index contributed by atoms with van der Waals surface area (Å²) in [6, 6.07) is -0.577. The Hall–Kier alpha value is -0.180. The maximum Gasteiger partial charge on any atom is 0.159 e. The Labute approximate surface area is 73.8 Å². The molecule has 0 aromatic carbocycles. The third-order valence-corrected chi connectivity index (χ3v) is 2.07. The van der Waals surface area contributed by atoms with Gasteiger partial charge in [-0.3, -0.25) is 0 Å². The van der Waals surface area contributed by atoms with Gasteiger partial charge in [-0.25, -0.2) is 0 Å². The maximum absolute atomic E-state index is 12.9. The van der Waals surface area contributed by atoms with Crippen molar-refractivity contribution in [1.29, 1.82) is 0 Å². The lowest BCUT2D eigenvalue weighted by atomic mass is 10.2. The molecule has 0 aliphatic carbocycles. The number of nitrogens with zero attached hydrogens (tertiary/aromatic N) is 1. The number of hydrogen-bond acceptors (Lipinski definition) is 0. The quantitative estimate of drug-likeness (QED) is 0.433. The van der Waals surface area contributed by atoms with Crippen molar-refractivity contribution in [1.82, 2.24) is 0 Å². The van der Waals surface area contributed by atoms with Gasteiger partial charge in [-0.15, -0.1) is 0 Å². The summed E-state index contributed by atoms with van der Waals surface area (Å²) in [5, 5.41) is 0. The standard InChI is InChI=1S/C9H20F2N/c1-4-5-6-7-8-12(10,11)9(2)3/h9H,4-8H2,1-3H3/q+1. The molecule has 0 spiro atoms. The molecule has 12 heavy (non-hydrogen) atoms. The van der Waals surface area contributed by atoms with E-state index in [1.807, 2.05) is 0 Å². The molecule has 0 bridgehead atoms. The van der Waals surface area contributed by atoms with Crippen molar-refractivity contribution in [3.63, 3.8) is 0 Å². The van der Waals surface area contributed by atoms with Gasteiger partial charge in [-0.05, 0) is 20.3 Å². The van der Waals surface area contributed by atoms with Gasteiger partial charge < -0.3 is 0 Å². The molecule has 0 saturated carbocycles. The summed E-state index contributed by atoms with van der Waals surface area (Å²) in [4.78, 5) is -1.83. The van der Waals surface area contributed by atoms with Crippen LogP contribution in [0.2, 0.25) is 0 Å². The van der Waals surface area contributed by atoms with Crippen LogP contribution in [0.4, 0.5) is 8.96 Å². The van der Waals surface area contributed by atoms with Crippen molar-refractivity contribution in [3.05, 3.63) is 0 Å². The summed E-state index contributed by atoms with van der Waals surface area (Å²) in [7, 11) is 0. The Morgan fingerprint density at radius 1 is 1.08 bits per heavy atom.